The lowest BCUT2D eigenvalue weighted by atomic mass is 10.1. The number of rotatable bonds is 5. The maximum absolute atomic E-state index is 11.4. The molecule has 142 valence electrons. The first-order valence-corrected chi connectivity index (χ1v) is 9.31. The van der Waals surface area contributed by atoms with Crippen LogP contribution in [0.4, 0.5) is 0 Å². The number of nitrogens with zero attached hydrogens (tertiary/aromatic N) is 3. The van der Waals surface area contributed by atoms with Gasteiger partial charge in [-0.2, -0.15) is 0 Å². The third-order valence-electron chi connectivity index (χ3n) is 4.46. The zero-order valence-electron chi connectivity index (χ0n) is 15.5. The molecule has 0 aliphatic carbocycles. The van der Waals surface area contributed by atoms with Gasteiger partial charge in [0.25, 0.3) is 0 Å². The van der Waals surface area contributed by atoms with Crippen LogP contribution >= 0.6 is 35.3 Å². The van der Waals surface area contributed by atoms with E-state index in [2.05, 4.69) is 52.1 Å². The summed E-state index contributed by atoms with van der Waals surface area (Å²) in [4.78, 5) is 21.2. The van der Waals surface area contributed by atoms with Crippen LogP contribution in [0.5, 0.6) is 0 Å². The molecule has 1 saturated heterocycles. The van der Waals surface area contributed by atoms with Crippen molar-refractivity contribution in [2.24, 2.45) is 4.99 Å². The van der Waals surface area contributed by atoms with Crippen LogP contribution in [0.2, 0.25) is 0 Å². The maximum Gasteiger partial charge on any atom is 0.219 e. The summed E-state index contributed by atoms with van der Waals surface area (Å²) in [5.41, 5.74) is 0. The van der Waals surface area contributed by atoms with Crippen molar-refractivity contribution in [3.8, 4) is 0 Å². The molecule has 0 radical (unpaired) electrons. The van der Waals surface area contributed by atoms with Gasteiger partial charge in [-0.1, -0.05) is 6.07 Å². The van der Waals surface area contributed by atoms with Crippen LogP contribution in [0.3, 0.4) is 0 Å². The van der Waals surface area contributed by atoms with Crippen molar-refractivity contribution in [1.82, 2.24) is 20.4 Å². The van der Waals surface area contributed by atoms with Gasteiger partial charge < -0.3 is 20.4 Å². The fourth-order valence-electron chi connectivity index (χ4n) is 2.94. The molecule has 1 aliphatic rings. The number of likely N-dealkylation sites (N-methyl/N-ethyl adjacent to an activating group) is 1. The lowest BCUT2D eigenvalue weighted by molar-refractivity contribution is -0.129. The van der Waals surface area contributed by atoms with Crippen molar-refractivity contribution in [3.63, 3.8) is 0 Å². The van der Waals surface area contributed by atoms with Crippen LogP contribution < -0.4 is 10.6 Å². The van der Waals surface area contributed by atoms with Gasteiger partial charge in [-0.3, -0.25) is 9.79 Å². The zero-order chi connectivity index (χ0) is 17.5. The van der Waals surface area contributed by atoms with Gasteiger partial charge in [0.2, 0.25) is 5.91 Å². The summed E-state index contributed by atoms with van der Waals surface area (Å²) in [7, 11) is 6.00. The number of amides is 1. The topological polar surface area (TPSA) is 60.0 Å². The Morgan fingerprint density at radius 1 is 1.44 bits per heavy atom. The Kier molecular flexibility index (Phi) is 9.73. The van der Waals surface area contributed by atoms with Gasteiger partial charge >= 0.3 is 0 Å². The van der Waals surface area contributed by atoms with E-state index in [4.69, 9.17) is 0 Å². The van der Waals surface area contributed by atoms with Gasteiger partial charge in [0, 0.05) is 44.5 Å². The fraction of sp³-hybridized carbons (Fsp3) is 0.647. The largest absolute Gasteiger partial charge is 0.354 e. The minimum absolute atomic E-state index is 0. The lowest BCUT2D eigenvalue weighted by Gasteiger charge is -2.33. The molecule has 1 atom stereocenters. The summed E-state index contributed by atoms with van der Waals surface area (Å²) in [6.45, 7) is 4.08. The van der Waals surface area contributed by atoms with Crippen LogP contribution in [-0.2, 0) is 4.79 Å². The number of halogens is 1. The third-order valence-corrected chi connectivity index (χ3v) is 5.44. The van der Waals surface area contributed by atoms with E-state index >= 15 is 0 Å². The Morgan fingerprint density at radius 2 is 2.12 bits per heavy atom. The fourth-order valence-corrected chi connectivity index (χ4v) is 3.86. The number of carbonyl (C=O) groups excluding carboxylic acids is 1. The molecule has 1 unspecified atom stereocenters. The van der Waals surface area contributed by atoms with E-state index in [-0.39, 0.29) is 29.9 Å². The molecule has 2 N–H and O–H groups in total. The molecule has 0 bridgehead atoms. The highest BCUT2D eigenvalue weighted by molar-refractivity contribution is 14.0. The number of hydrogen-bond acceptors (Lipinski definition) is 4. The average Bonchev–Trinajstić information content (AvgIpc) is 3.08. The standard InChI is InChI=1S/C17H29N5OS.HI/c1-13(23)22-9-7-14(8-10-22)20-17(18-2)19-12-15(21(3)4)16-6-5-11-24-16;/h5-6,11,14-15H,7-10,12H2,1-4H3,(H2,18,19,20);1H. The summed E-state index contributed by atoms with van der Waals surface area (Å²) >= 11 is 1.78. The predicted octanol–water partition coefficient (Wildman–Crippen LogP) is 2.14. The van der Waals surface area contributed by atoms with Gasteiger partial charge in [-0.05, 0) is 38.4 Å². The first kappa shape index (κ1) is 22.2. The Bertz CT molecular complexity index is 541. The number of likely N-dealkylation sites (tertiary alicyclic amines) is 1. The second-order valence-corrected chi connectivity index (χ2v) is 7.35. The molecule has 25 heavy (non-hydrogen) atoms. The van der Waals surface area contributed by atoms with Crippen LogP contribution in [0.1, 0.15) is 30.7 Å². The van der Waals surface area contributed by atoms with Gasteiger partial charge in [-0.25, -0.2) is 0 Å². The van der Waals surface area contributed by atoms with Crippen LogP contribution in [0, 0.1) is 0 Å². The van der Waals surface area contributed by atoms with Crippen molar-refractivity contribution >= 4 is 47.2 Å². The van der Waals surface area contributed by atoms with Crippen molar-refractivity contribution < 1.29 is 4.79 Å². The van der Waals surface area contributed by atoms with Crippen molar-refractivity contribution in [1.29, 1.82) is 0 Å². The normalized spacial score (nSPS) is 17.2. The molecule has 0 spiro atoms. The Labute approximate surface area is 172 Å². The summed E-state index contributed by atoms with van der Waals surface area (Å²) < 4.78 is 0. The quantitative estimate of drug-likeness (QED) is 0.386. The Balaban J connectivity index is 0.00000312. The molecule has 0 aromatic carbocycles. The van der Waals surface area contributed by atoms with E-state index in [0.717, 1.165) is 38.4 Å². The summed E-state index contributed by atoms with van der Waals surface area (Å²) in [5, 5.41) is 9.05. The van der Waals surface area contributed by atoms with E-state index in [1.165, 1.54) is 4.88 Å². The minimum Gasteiger partial charge on any atom is -0.354 e. The highest BCUT2D eigenvalue weighted by Crippen LogP contribution is 2.22. The monoisotopic (exact) mass is 479 g/mol. The number of nitrogens with one attached hydrogen (secondary N) is 2. The van der Waals surface area contributed by atoms with E-state index in [1.807, 2.05) is 4.90 Å². The highest BCUT2D eigenvalue weighted by Gasteiger charge is 2.22. The van der Waals surface area contributed by atoms with E-state index in [1.54, 1.807) is 25.3 Å². The SMILES string of the molecule is CN=C(NCC(c1cccs1)N(C)C)NC1CCN(C(C)=O)CC1.I. The predicted molar refractivity (Wildman–Crippen MR) is 116 cm³/mol. The summed E-state index contributed by atoms with van der Waals surface area (Å²) in [6.07, 6.45) is 1.92. The summed E-state index contributed by atoms with van der Waals surface area (Å²) in [6, 6.07) is 4.95. The summed E-state index contributed by atoms with van der Waals surface area (Å²) in [5.74, 6) is 1.00. The van der Waals surface area contributed by atoms with E-state index in [0.29, 0.717) is 12.1 Å². The van der Waals surface area contributed by atoms with E-state index < -0.39 is 0 Å². The minimum atomic E-state index is 0. The molecule has 1 aliphatic heterocycles. The number of guanidine groups is 1. The molecule has 0 saturated carbocycles. The first-order chi connectivity index (χ1) is 11.5. The molecule has 1 aromatic rings. The number of aliphatic imine (C=N–C) groups is 1. The average molecular weight is 479 g/mol. The molecule has 2 rings (SSSR count). The molecule has 1 amide bonds. The third kappa shape index (κ3) is 6.74. The second-order valence-electron chi connectivity index (χ2n) is 6.37. The van der Waals surface area contributed by atoms with Gasteiger partial charge in [-0.15, -0.1) is 35.3 Å². The van der Waals surface area contributed by atoms with Crippen LogP contribution in [0.15, 0.2) is 22.5 Å². The van der Waals surface area contributed by atoms with Crippen molar-refractivity contribution in [2.45, 2.75) is 31.8 Å². The van der Waals surface area contributed by atoms with Gasteiger partial charge in [0.05, 0.1) is 6.04 Å². The molecule has 8 heteroatoms. The Hall–Kier alpha value is -0.870. The smallest absolute Gasteiger partial charge is 0.219 e. The van der Waals surface area contributed by atoms with Crippen molar-refractivity contribution in [3.05, 3.63) is 22.4 Å². The molecule has 2 heterocycles. The zero-order valence-corrected chi connectivity index (χ0v) is 18.6. The maximum atomic E-state index is 11.4. The molecule has 1 fully saturated rings. The van der Waals surface area contributed by atoms with E-state index in [9.17, 15) is 4.79 Å². The number of thiophene rings is 1. The molecular weight excluding hydrogens is 449 g/mol. The number of piperidine rings is 1. The van der Waals surface area contributed by atoms with Crippen LogP contribution in [0.25, 0.3) is 0 Å². The second kappa shape index (κ2) is 11.0. The molecule has 1 aromatic heterocycles. The molecule has 6 nitrogen and oxygen atoms in total. The van der Waals surface area contributed by atoms with Gasteiger partial charge in [0.15, 0.2) is 5.96 Å². The highest BCUT2D eigenvalue weighted by atomic mass is 127. The lowest BCUT2D eigenvalue weighted by Crippen LogP contribution is -2.50. The Morgan fingerprint density at radius 3 is 2.60 bits per heavy atom. The van der Waals surface area contributed by atoms with Gasteiger partial charge in [0.1, 0.15) is 0 Å². The number of hydrogen-bond donors (Lipinski definition) is 2. The number of carbonyl (C=O) groups is 1. The van der Waals surface area contributed by atoms with Crippen LogP contribution in [-0.4, -0.2) is 68.5 Å². The molecular formula is C17H30IN5OS. The van der Waals surface area contributed by atoms with Crippen molar-refractivity contribution in [2.75, 3.05) is 40.8 Å². The first-order valence-electron chi connectivity index (χ1n) is 8.43.